The number of nitrogen functional groups attached to an aromatic ring is 1. The van der Waals surface area contributed by atoms with Crippen LogP contribution in [0.1, 0.15) is 5.76 Å². The summed E-state index contributed by atoms with van der Waals surface area (Å²) in [6.07, 6.45) is 2.31. The van der Waals surface area contributed by atoms with E-state index in [1.165, 1.54) is 20.2 Å². The first kappa shape index (κ1) is 15.4. The number of rotatable bonds is 6. The SMILES string of the molecule is CN(C)S(=O)(=O)c1cccc(NCCc2ccco2)c1N. The van der Waals surface area contributed by atoms with Gasteiger partial charge < -0.3 is 15.5 Å². The zero-order chi connectivity index (χ0) is 15.5. The number of nitrogens with one attached hydrogen (secondary N) is 1. The first-order valence-corrected chi connectivity index (χ1v) is 7.94. The molecule has 0 fully saturated rings. The third kappa shape index (κ3) is 3.37. The van der Waals surface area contributed by atoms with Gasteiger partial charge >= 0.3 is 0 Å². The molecule has 7 heteroatoms. The Kier molecular flexibility index (Phi) is 4.54. The van der Waals surface area contributed by atoms with Crippen molar-refractivity contribution in [1.29, 1.82) is 0 Å². The maximum atomic E-state index is 12.2. The molecule has 114 valence electrons. The summed E-state index contributed by atoms with van der Waals surface area (Å²) in [6.45, 7) is 0.600. The number of hydrogen-bond donors (Lipinski definition) is 2. The largest absolute Gasteiger partial charge is 0.469 e. The summed E-state index contributed by atoms with van der Waals surface area (Å²) in [5.41, 5.74) is 6.80. The van der Waals surface area contributed by atoms with E-state index in [0.717, 1.165) is 10.1 Å². The van der Waals surface area contributed by atoms with Gasteiger partial charge in [0.25, 0.3) is 0 Å². The van der Waals surface area contributed by atoms with E-state index >= 15 is 0 Å². The molecule has 0 atom stereocenters. The molecule has 0 unspecified atom stereocenters. The molecule has 0 bridgehead atoms. The van der Waals surface area contributed by atoms with Crippen molar-refractivity contribution < 1.29 is 12.8 Å². The van der Waals surface area contributed by atoms with Crippen molar-refractivity contribution >= 4 is 21.4 Å². The highest BCUT2D eigenvalue weighted by atomic mass is 32.2. The summed E-state index contributed by atoms with van der Waals surface area (Å²) in [4.78, 5) is 0.107. The lowest BCUT2D eigenvalue weighted by Crippen LogP contribution is -2.23. The normalized spacial score (nSPS) is 11.8. The van der Waals surface area contributed by atoms with Gasteiger partial charge in [0.05, 0.1) is 17.6 Å². The van der Waals surface area contributed by atoms with Crippen molar-refractivity contribution in [2.45, 2.75) is 11.3 Å². The summed E-state index contributed by atoms with van der Waals surface area (Å²) in [5.74, 6) is 0.859. The predicted molar refractivity (Wildman–Crippen MR) is 82.6 cm³/mol. The number of para-hydroxylation sites is 1. The van der Waals surface area contributed by atoms with Crippen molar-refractivity contribution in [2.75, 3.05) is 31.7 Å². The molecule has 6 nitrogen and oxygen atoms in total. The molecule has 21 heavy (non-hydrogen) atoms. The van der Waals surface area contributed by atoms with Crippen LogP contribution in [0.25, 0.3) is 0 Å². The Hall–Kier alpha value is -1.99. The van der Waals surface area contributed by atoms with E-state index in [-0.39, 0.29) is 10.6 Å². The number of nitrogens with two attached hydrogens (primary N) is 1. The van der Waals surface area contributed by atoms with Crippen molar-refractivity contribution in [3.63, 3.8) is 0 Å². The van der Waals surface area contributed by atoms with Gasteiger partial charge in [0, 0.05) is 27.1 Å². The molecule has 1 aromatic carbocycles. The quantitative estimate of drug-likeness (QED) is 0.794. The molecule has 0 aliphatic carbocycles. The predicted octanol–water partition coefficient (Wildman–Crippen LogP) is 1.77. The second-order valence-electron chi connectivity index (χ2n) is 4.76. The van der Waals surface area contributed by atoms with Crippen LogP contribution in [0.3, 0.4) is 0 Å². The van der Waals surface area contributed by atoms with E-state index < -0.39 is 10.0 Å². The molecule has 1 heterocycles. The Labute approximate surface area is 124 Å². The van der Waals surface area contributed by atoms with Gasteiger partial charge in [-0.05, 0) is 24.3 Å². The van der Waals surface area contributed by atoms with Crippen LogP contribution in [0.5, 0.6) is 0 Å². The summed E-state index contributed by atoms with van der Waals surface area (Å²) in [6, 6.07) is 8.64. The molecule has 1 aromatic heterocycles. The number of furan rings is 1. The summed E-state index contributed by atoms with van der Waals surface area (Å²) in [5, 5.41) is 3.13. The monoisotopic (exact) mass is 309 g/mol. The number of sulfonamides is 1. The fraction of sp³-hybridized carbons (Fsp3) is 0.286. The van der Waals surface area contributed by atoms with E-state index in [2.05, 4.69) is 5.32 Å². The smallest absolute Gasteiger partial charge is 0.244 e. The van der Waals surface area contributed by atoms with Gasteiger partial charge in [-0.15, -0.1) is 0 Å². The van der Waals surface area contributed by atoms with Gasteiger partial charge in [-0.2, -0.15) is 0 Å². The number of anilines is 2. The van der Waals surface area contributed by atoms with Gasteiger partial charge in [0.1, 0.15) is 10.7 Å². The first-order chi connectivity index (χ1) is 9.93. The molecule has 2 aromatic rings. The molecule has 0 radical (unpaired) electrons. The molecule has 0 aliphatic rings. The van der Waals surface area contributed by atoms with Crippen LogP contribution in [0, 0.1) is 0 Å². The van der Waals surface area contributed by atoms with Crippen LogP contribution in [0.15, 0.2) is 45.9 Å². The standard InChI is InChI=1S/C14H19N3O3S/c1-17(2)21(18,19)13-7-3-6-12(14(13)15)16-9-8-11-5-4-10-20-11/h3-7,10,16H,8-9,15H2,1-2H3. The molecule has 0 saturated heterocycles. The average Bonchev–Trinajstić information content (AvgIpc) is 2.93. The van der Waals surface area contributed by atoms with E-state index in [4.69, 9.17) is 10.2 Å². The third-order valence-electron chi connectivity index (χ3n) is 3.09. The molecular formula is C14H19N3O3S. The van der Waals surface area contributed by atoms with Gasteiger partial charge in [0.2, 0.25) is 10.0 Å². The van der Waals surface area contributed by atoms with Crippen LogP contribution in [0.4, 0.5) is 11.4 Å². The first-order valence-electron chi connectivity index (χ1n) is 6.50. The van der Waals surface area contributed by atoms with E-state index in [1.807, 2.05) is 12.1 Å². The van der Waals surface area contributed by atoms with Gasteiger partial charge in [-0.1, -0.05) is 6.07 Å². The maximum absolute atomic E-state index is 12.2. The molecule has 3 N–H and O–H groups in total. The van der Waals surface area contributed by atoms with Crippen LogP contribution in [-0.4, -0.2) is 33.4 Å². The average molecular weight is 309 g/mol. The highest BCUT2D eigenvalue weighted by Crippen LogP contribution is 2.28. The van der Waals surface area contributed by atoms with Crippen LogP contribution in [0.2, 0.25) is 0 Å². The van der Waals surface area contributed by atoms with E-state index in [0.29, 0.717) is 18.7 Å². The number of nitrogens with zero attached hydrogens (tertiary/aromatic N) is 1. The molecular weight excluding hydrogens is 290 g/mol. The zero-order valence-corrected chi connectivity index (χ0v) is 12.9. The molecule has 0 saturated carbocycles. The van der Waals surface area contributed by atoms with E-state index in [1.54, 1.807) is 18.4 Å². The second kappa shape index (κ2) is 6.19. The van der Waals surface area contributed by atoms with Crippen LogP contribution in [-0.2, 0) is 16.4 Å². The highest BCUT2D eigenvalue weighted by molar-refractivity contribution is 7.89. The maximum Gasteiger partial charge on any atom is 0.244 e. The Morgan fingerprint density at radius 2 is 2.00 bits per heavy atom. The fourth-order valence-corrected chi connectivity index (χ4v) is 2.93. The van der Waals surface area contributed by atoms with Crippen molar-refractivity contribution in [3.8, 4) is 0 Å². The molecule has 0 aliphatic heterocycles. The van der Waals surface area contributed by atoms with Crippen LogP contribution < -0.4 is 11.1 Å². The minimum Gasteiger partial charge on any atom is -0.469 e. The lowest BCUT2D eigenvalue weighted by Gasteiger charge is -2.16. The lowest BCUT2D eigenvalue weighted by atomic mass is 10.2. The zero-order valence-electron chi connectivity index (χ0n) is 12.0. The molecule has 2 rings (SSSR count). The minimum atomic E-state index is -3.55. The van der Waals surface area contributed by atoms with Crippen molar-refractivity contribution in [1.82, 2.24) is 4.31 Å². The summed E-state index contributed by atoms with van der Waals surface area (Å²) < 4.78 is 30.7. The topological polar surface area (TPSA) is 88.6 Å². The summed E-state index contributed by atoms with van der Waals surface area (Å²) in [7, 11) is -0.593. The Morgan fingerprint density at radius 3 is 2.62 bits per heavy atom. The Balaban J connectivity index is 2.14. The van der Waals surface area contributed by atoms with Gasteiger partial charge in [-0.3, -0.25) is 0 Å². The van der Waals surface area contributed by atoms with E-state index in [9.17, 15) is 8.42 Å². The van der Waals surface area contributed by atoms with Crippen molar-refractivity contribution in [3.05, 3.63) is 42.4 Å². The Morgan fingerprint density at radius 1 is 1.24 bits per heavy atom. The second-order valence-corrected chi connectivity index (χ2v) is 6.88. The van der Waals surface area contributed by atoms with Gasteiger partial charge in [-0.25, -0.2) is 12.7 Å². The lowest BCUT2D eigenvalue weighted by molar-refractivity contribution is 0.513. The minimum absolute atomic E-state index is 0.107. The third-order valence-corrected chi connectivity index (χ3v) is 4.96. The summed E-state index contributed by atoms with van der Waals surface area (Å²) >= 11 is 0. The number of hydrogen-bond acceptors (Lipinski definition) is 5. The van der Waals surface area contributed by atoms with Crippen molar-refractivity contribution in [2.24, 2.45) is 0 Å². The number of benzene rings is 1. The van der Waals surface area contributed by atoms with Gasteiger partial charge in [0.15, 0.2) is 0 Å². The Bertz CT molecular complexity index is 694. The highest BCUT2D eigenvalue weighted by Gasteiger charge is 2.21. The van der Waals surface area contributed by atoms with Crippen LogP contribution >= 0.6 is 0 Å². The fourth-order valence-electron chi connectivity index (χ4n) is 1.90. The molecule has 0 amide bonds. The molecule has 0 spiro atoms.